The Hall–Kier alpha value is -3.29. The van der Waals surface area contributed by atoms with Crippen molar-refractivity contribution in [3.63, 3.8) is 0 Å². The van der Waals surface area contributed by atoms with E-state index in [4.69, 9.17) is 0 Å². The summed E-state index contributed by atoms with van der Waals surface area (Å²) in [6, 6.07) is 6.27. The molecule has 134 valence electrons. The molecule has 3 N–H and O–H groups in total. The highest BCUT2D eigenvalue weighted by molar-refractivity contribution is 6.06. The number of urea groups is 1. The van der Waals surface area contributed by atoms with Gasteiger partial charge in [0.2, 0.25) is 0 Å². The molecule has 0 bridgehead atoms. The van der Waals surface area contributed by atoms with E-state index in [-0.39, 0.29) is 11.3 Å². The zero-order valence-electron chi connectivity index (χ0n) is 13.6. The Labute approximate surface area is 146 Å². The van der Waals surface area contributed by atoms with Crippen molar-refractivity contribution < 1.29 is 22.8 Å². The lowest BCUT2D eigenvalue weighted by Gasteiger charge is -2.29. The smallest absolute Gasteiger partial charge is 0.319 e. The van der Waals surface area contributed by atoms with Gasteiger partial charge in [-0.05, 0) is 43.3 Å². The summed E-state index contributed by atoms with van der Waals surface area (Å²) in [5, 5.41) is 7.29. The van der Waals surface area contributed by atoms with Gasteiger partial charge in [-0.15, -0.1) is 0 Å². The van der Waals surface area contributed by atoms with Crippen LogP contribution in [0.4, 0.5) is 23.7 Å². The molecule has 26 heavy (non-hydrogen) atoms. The van der Waals surface area contributed by atoms with Gasteiger partial charge in [0.25, 0.3) is 5.91 Å². The third-order valence-electron chi connectivity index (χ3n) is 3.90. The molecular weight excluding hydrogens is 347 g/mol. The van der Waals surface area contributed by atoms with E-state index in [1.807, 2.05) is 0 Å². The zero-order valence-corrected chi connectivity index (χ0v) is 13.6. The summed E-state index contributed by atoms with van der Waals surface area (Å²) in [4.78, 5) is 24.4. The Balaban J connectivity index is 2.00. The van der Waals surface area contributed by atoms with Gasteiger partial charge >= 0.3 is 6.03 Å². The Bertz CT molecular complexity index is 890. The minimum atomic E-state index is -1.31. The molecular formula is C18H14F3N3O2. The van der Waals surface area contributed by atoms with Gasteiger partial charge in [0.1, 0.15) is 17.5 Å². The standard InChI is InChI=1S/C18H14F3N3O2/c1-9-14(17(25)23-11-7-5-10(19)6-8-11)16(24-18(26)22-9)15-12(20)3-2-4-13(15)21/h2-8,16H,1H3,(H,23,25)(H2,22,24,26)/t16-/m1/s1. The van der Waals surface area contributed by atoms with Crippen molar-refractivity contribution in [1.82, 2.24) is 10.6 Å². The fraction of sp³-hybridized carbons (Fsp3) is 0.111. The normalized spacial score (nSPS) is 16.8. The van der Waals surface area contributed by atoms with Crippen LogP contribution in [0.15, 0.2) is 53.7 Å². The second kappa shape index (κ2) is 6.91. The maximum absolute atomic E-state index is 14.2. The highest BCUT2D eigenvalue weighted by Gasteiger charge is 2.34. The van der Waals surface area contributed by atoms with Crippen LogP contribution in [0.3, 0.4) is 0 Å². The van der Waals surface area contributed by atoms with Crippen molar-refractivity contribution in [1.29, 1.82) is 0 Å². The lowest BCUT2D eigenvalue weighted by atomic mass is 9.94. The van der Waals surface area contributed by atoms with Gasteiger partial charge in [0.15, 0.2) is 0 Å². The molecule has 0 unspecified atom stereocenters. The minimum Gasteiger partial charge on any atom is -0.326 e. The van der Waals surface area contributed by atoms with Crippen LogP contribution in [0, 0.1) is 17.5 Å². The Morgan fingerprint density at radius 1 is 1.04 bits per heavy atom. The molecule has 0 aromatic heterocycles. The average Bonchev–Trinajstić information content (AvgIpc) is 2.56. The van der Waals surface area contributed by atoms with Gasteiger partial charge in [-0.1, -0.05) is 6.07 Å². The summed E-state index contributed by atoms with van der Waals surface area (Å²) in [5.41, 5.74) is -0.0498. The number of nitrogens with one attached hydrogen (secondary N) is 3. The maximum atomic E-state index is 14.2. The third-order valence-corrected chi connectivity index (χ3v) is 3.90. The quantitative estimate of drug-likeness (QED) is 0.785. The van der Waals surface area contributed by atoms with Gasteiger partial charge in [-0.3, -0.25) is 4.79 Å². The zero-order chi connectivity index (χ0) is 18.8. The summed E-state index contributed by atoms with van der Waals surface area (Å²) in [5.74, 6) is -2.94. The van der Waals surface area contributed by atoms with Crippen LogP contribution >= 0.6 is 0 Å². The van der Waals surface area contributed by atoms with Gasteiger partial charge in [0, 0.05) is 11.4 Å². The van der Waals surface area contributed by atoms with Crippen molar-refractivity contribution in [3.8, 4) is 0 Å². The molecule has 1 heterocycles. The SMILES string of the molecule is CC1=C(C(=O)Nc2ccc(F)cc2)[C@H](c2c(F)cccc2F)NC(=O)N1. The van der Waals surface area contributed by atoms with E-state index in [2.05, 4.69) is 16.0 Å². The second-order valence-electron chi connectivity index (χ2n) is 5.67. The highest BCUT2D eigenvalue weighted by atomic mass is 19.1. The Morgan fingerprint density at radius 3 is 2.27 bits per heavy atom. The first-order valence-electron chi connectivity index (χ1n) is 7.66. The number of halogens is 3. The predicted molar refractivity (Wildman–Crippen MR) is 88.5 cm³/mol. The molecule has 1 aliphatic heterocycles. The lowest BCUT2D eigenvalue weighted by Crippen LogP contribution is -2.46. The summed E-state index contributed by atoms with van der Waals surface area (Å²) in [6.07, 6.45) is 0. The number of amides is 3. The van der Waals surface area contributed by atoms with Crippen molar-refractivity contribution in [2.24, 2.45) is 0 Å². The van der Waals surface area contributed by atoms with Gasteiger partial charge in [-0.2, -0.15) is 0 Å². The average molecular weight is 361 g/mol. The molecule has 0 radical (unpaired) electrons. The van der Waals surface area contributed by atoms with E-state index >= 15 is 0 Å². The topological polar surface area (TPSA) is 70.2 Å². The minimum absolute atomic E-state index is 0.0575. The molecule has 1 aliphatic rings. The van der Waals surface area contributed by atoms with Gasteiger partial charge < -0.3 is 16.0 Å². The third kappa shape index (κ3) is 3.39. The number of carbonyl (C=O) groups excluding carboxylic acids is 2. The molecule has 0 spiro atoms. The van der Waals surface area contributed by atoms with E-state index in [0.29, 0.717) is 5.69 Å². The Morgan fingerprint density at radius 2 is 1.65 bits per heavy atom. The van der Waals surface area contributed by atoms with Crippen molar-refractivity contribution in [2.75, 3.05) is 5.32 Å². The number of anilines is 1. The number of hydrogen-bond donors (Lipinski definition) is 3. The molecule has 2 aromatic rings. The molecule has 5 nitrogen and oxygen atoms in total. The van der Waals surface area contributed by atoms with Crippen LogP contribution in [0.25, 0.3) is 0 Å². The number of rotatable bonds is 3. The van der Waals surface area contributed by atoms with Crippen molar-refractivity contribution in [3.05, 3.63) is 76.7 Å². The molecule has 0 saturated heterocycles. The maximum Gasteiger partial charge on any atom is 0.319 e. The first kappa shape index (κ1) is 17.5. The molecule has 3 rings (SSSR count). The first-order chi connectivity index (χ1) is 12.4. The van der Waals surface area contributed by atoms with E-state index in [0.717, 1.165) is 24.3 Å². The van der Waals surface area contributed by atoms with E-state index in [9.17, 15) is 22.8 Å². The monoisotopic (exact) mass is 361 g/mol. The first-order valence-corrected chi connectivity index (χ1v) is 7.66. The van der Waals surface area contributed by atoms with E-state index in [1.165, 1.54) is 25.1 Å². The summed E-state index contributed by atoms with van der Waals surface area (Å²) >= 11 is 0. The van der Waals surface area contributed by atoms with Crippen LogP contribution in [0.1, 0.15) is 18.5 Å². The van der Waals surface area contributed by atoms with Crippen molar-refractivity contribution >= 4 is 17.6 Å². The molecule has 0 saturated carbocycles. The lowest BCUT2D eigenvalue weighted by molar-refractivity contribution is -0.113. The fourth-order valence-corrected chi connectivity index (χ4v) is 2.73. The number of allylic oxidation sites excluding steroid dienone is 1. The molecule has 3 amide bonds. The molecule has 0 aliphatic carbocycles. The predicted octanol–water partition coefficient (Wildman–Crippen LogP) is 3.37. The second-order valence-corrected chi connectivity index (χ2v) is 5.67. The fourth-order valence-electron chi connectivity index (χ4n) is 2.73. The number of hydrogen-bond acceptors (Lipinski definition) is 2. The molecule has 0 fully saturated rings. The van der Waals surface area contributed by atoms with Crippen LogP contribution in [0.5, 0.6) is 0 Å². The van der Waals surface area contributed by atoms with E-state index in [1.54, 1.807) is 0 Å². The Kier molecular flexibility index (Phi) is 4.66. The largest absolute Gasteiger partial charge is 0.326 e. The van der Waals surface area contributed by atoms with Gasteiger partial charge in [0.05, 0.1) is 17.2 Å². The van der Waals surface area contributed by atoms with Crippen molar-refractivity contribution in [2.45, 2.75) is 13.0 Å². The number of carbonyl (C=O) groups is 2. The van der Waals surface area contributed by atoms with Crippen LogP contribution in [-0.4, -0.2) is 11.9 Å². The molecule has 2 aromatic carbocycles. The van der Waals surface area contributed by atoms with Crippen LogP contribution < -0.4 is 16.0 Å². The molecule has 1 atom stereocenters. The van der Waals surface area contributed by atoms with Crippen LogP contribution in [0.2, 0.25) is 0 Å². The van der Waals surface area contributed by atoms with E-state index < -0.39 is 41.0 Å². The summed E-state index contributed by atoms with van der Waals surface area (Å²) < 4.78 is 41.4. The summed E-state index contributed by atoms with van der Waals surface area (Å²) in [7, 11) is 0. The summed E-state index contributed by atoms with van der Waals surface area (Å²) in [6.45, 7) is 1.45. The molecule has 8 heteroatoms. The van der Waals surface area contributed by atoms with Crippen LogP contribution in [-0.2, 0) is 4.79 Å². The van der Waals surface area contributed by atoms with Gasteiger partial charge in [-0.25, -0.2) is 18.0 Å². The number of benzene rings is 2. The highest BCUT2D eigenvalue weighted by Crippen LogP contribution is 2.31.